The van der Waals surface area contributed by atoms with Crippen LogP contribution in [0.1, 0.15) is 33.3 Å². The van der Waals surface area contributed by atoms with Gasteiger partial charge in [-0.05, 0) is 33.8 Å². The predicted octanol–water partition coefficient (Wildman–Crippen LogP) is 2.04. The van der Waals surface area contributed by atoms with Crippen molar-refractivity contribution in [3.63, 3.8) is 0 Å². The second-order valence-corrected chi connectivity index (χ2v) is 6.04. The number of ketones is 1. The van der Waals surface area contributed by atoms with Crippen LogP contribution >= 0.6 is 0 Å². The van der Waals surface area contributed by atoms with Gasteiger partial charge in [-0.3, -0.25) is 10.1 Å². The molecule has 1 aromatic carbocycles. The van der Waals surface area contributed by atoms with E-state index < -0.39 is 6.23 Å². The summed E-state index contributed by atoms with van der Waals surface area (Å²) in [5.74, 6) is 0.638. The third-order valence-electron chi connectivity index (χ3n) is 3.13. The number of benzene rings is 1. The summed E-state index contributed by atoms with van der Waals surface area (Å²) >= 11 is 0. The van der Waals surface area contributed by atoms with Crippen molar-refractivity contribution in [2.24, 2.45) is 0 Å². The molecule has 1 aliphatic rings. The molecule has 0 fully saturated rings. The van der Waals surface area contributed by atoms with Gasteiger partial charge in [0.2, 0.25) is 6.23 Å². The fraction of sp³-hybridized carbons (Fsp3) is 0.500. The van der Waals surface area contributed by atoms with Crippen LogP contribution < -0.4 is 20.7 Å². The molecule has 1 heterocycles. The largest absolute Gasteiger partial charge is 0.468 e. The lowest BCUT2D eigenvalue weighted by atomic mass is 10.0. The maximum Gasteiger partial charge on any atom is 0.319 e. The van der Waals surface area contributed by atoms with Crippen molar-refractivity contribution in [2.45, 2.75) is 52.4 Å². The monoisotopic (exact) mass is 305 g/mol. The zero-order valence-electron chi connectivity index (χ0n) is 13.4. The third kappa shape index (κ3) is 4.21. The van der Waals surface area contributed by atoms with E-state index in [4.69, 9.17) is 4.74 Å². The number of hydrogen-bond donors (Lipinski definition) is 3. The highest BCUT2D eigenvalue weighted by Gasteiger charge is 2.28. The normalized spacial score (nSPS) is 17.2. The molecular weight excluding hydrogens is 282 g/mol. The number of urea groups is 1. The van der Waals surface area contributed by atoms with Crippen LogP contribution in [-0.4, -0.2) is 30.1 Å². The van der Waals surface area contributed by atoms with Crippen molar-refractivity contribution in [1.29, 1.82) is 0 Å². The molecule has 6 heteroatoms. The maximum atomic E-state index is 12.0. The van der Waals surface area contributed by atoms with Gasteiger partial charge in [-0.1, -0.05) is 6.07 Å². The van der Waals surface area contributed by atoms with E-state index in [1.54, 1.807) is 12.1 Å². The lowest BCUT2D eigenvalue weighted by Crippen LogP contribution is -2.47. The molecule has 0 saturated carbocycles. The second kappa shape index (κ2) is 6.79. The summed E-state index contributed by atoms with van der Waals surface area (Å²) < 4.78 is 5.73. The van der Waals surface area contributed by atoms with Gasteiger partial charge in [0.25, 0.3) is 0 Å². The van der Waals surface area contributed by atoms with E-state index in [9.17, 15) is 9.59 Å². The molecule has 0 bridgehead atoms. The van der Waals surface area contributed by atoms with Gasteiger partial charge in [0.15, 0.2) is 5.78 Å². The van der Waals surface area contributed by atoms with Gasteiger partial charge >= 0.3 is 6.03 Å². The Balaban J connectivity index is 2.10. The zero-order chi connectivity index (χ0) is 16.3. The summed E-state index contributed by atoms with van der Waals surface area (Å²) in [6.45, 7) is 7.70. The zero-order valence-corrected chi connectivity index (χ0v) is 13.4. The first-order chi connectivity index (χ1) is 10.3. The van der Waals surface area contributed by atoms with Crippen LogP contribution in [0, 0.1) is 0 Å². The Morgan fingerprint density at radius 1 is 1.23 bits per heavy atom. The Hall–Kier alpha value is -2.08. The summed E-state index contributed by atoms with van der Waals surface area (Å²) in [4.78, 5) is 23.7. The van der Waals surface area contributed by atoms with Crippen molar-refractivity contribution in [3.05, 3.63) is 23.8 Å². The van der Waals surface area contributed by atoms with Crippen LogP contribution in [0.15, 0.2) is 18.2 Å². The number of nitrogens with one attached hydrogen (secondary N) is 3. The number of fused-ring (bicyclic) bond motifs is 1. The highest BCUT2D eigenvalue weighted by atomic mass is 16.5. The van der Waals surface area contributed by atoms with Gasteiger partial charge in [0, 0.05) is 35.8 Å². The van der Waals surface area contributed by atoms with Gasteiger partial charge in [0.1, 0.15) is 5.75 Å². The first-order valence-electron chi connectivity index (χ1n) is 7.51. The standard InChI is InChI=1S/C16H23N3O3/c1-9(2)17-15-13(20)7-11-5-6-12(8-14(11)22-15)19-16(21)18-10(3)4/h5-6,8-10,15,17H,7H2,1-4H3,(H2,18,19,21). The maximum absolute atomic E-state index is 12.0. The topological polar surface area (TPSA) is 79.5 Å². The Bertz CT molecular complexity index is 570. The highest BCUT2D eigenvalue weighted by molar-refractivity contribution is 5.91. The fourth-order valence-electron chi connectivity index (χ4n) is 2.22. The number of hydrogen-bond acceptors (Lipinski definition) is 4. The van der Waals surface area contributed by atoms with Crippen LogP contribution in [0.3, 0.4) is 0 Å². The van der Waals surface area contributed by atoms with E-state index in [1.165, 1.54) is 0 Å². The average Bonchev–Trinajstić information content (AvgIpc) is 2.38. The number of carbonyl (C=O) groups excluding carboxylic acids is 2. The van der Waals surface area contributed by atoms with Gasteiger partial charge in [-0.2, -0.15) is 0 Å². The third-order valence-corrected chi connectivity index (χ3v) is 3.13. The highest BCUT2D eigenvalue weighted by Crippen LogP contribution is 2.28. The van der Waals surface area contributed by atoms with Crippen molar-refractivity contribution < 1.29 is 14.3 Å². The molecule has 0 aromatic heterocycles. The summed E-state index contributed by atoms with van der Waals surface area (Å²) in [6.07, 6.45) is -0.301. The van der Waals surface area contributed by atoms with Gasteiger partial charge in [0.05, 0.1) is 0 Å². The molecule has 120 valence electrons. The first-order valence-corrected chi connectivity index (χ1v) is 7.51. The number of amides is 2. The molecule has 2 rings (SSSR count). The second-order valence-electron chi connectivity index (χ2n) is 6.04. The van der Waals surface area contributed by atoms with Crippen molar-refractivity contribution in [2.75, 3.05) is 5.32 Å². The summed E-state index contributed by atoms with van der Waals surface area (Å²) in [7, 11) is 0. The lowest BCUT2D eigenvalue weighted by Gasteiger charge is -2.27. The van der Waals surface area contributed by atoms with Crippen LogP contribution in [0.25, 0.3) is 0 Å². The molecule has 1 unspecified atom stereocenters. The van der Waals surface area contributed by atoms with E-state index in [0.29, 0.717) is 17.9 Å². The van der Waals surface area contributed by atoms with Crippen LogP contribution in [-0.2, 0) is 11.2 Å². The average molecular weight is 305 g/mol. The van der Waals surface area contributed by atoms with Crippen molar-refractivity contribution in [3.8, 4) is 5.75 Å². The molecule has 3 N–H and O–H groups in total. The number of rotatable bonds is 4. The van der Waals surface area contributed by atoms with Crippen molar-refractivity contribution in [1.82, 2.24) is 10.6 Å². The number of Topliss-reactive ketones (excluding diaryl/α,β-unsaturated/α-hetero) is 1. The summed E-state index contributed by atoms with van der Waals surface area (Å²) in [6, 6.07) is 5.27. The Morgan fingerprint density at radius 2 is 1.95 bits per heavy atom. The molecule has 6 nitrogen and oxygen atoms in total. The van der Waals surface area contributed by atoms with E-state index in [-0.39, 0.29) is 23.9 Å². The Labute approximate surface area is 130 Å². The van der Waals surface area contributed by atoms with E-state index in [1.807, 2.05) is 33.8 Å². The summed E-state index contributed by atoms with van der Waals surface area (Å²) in [5, 5.41) is 8.60. The van der Waals surface area contributed by atoms with Crippen molar-refractivity contribution >= 4 is 17.5 Å². The van der Waals surface area contributed by atoms with Gasteiger partial charge < -0.3 is 15.4 Å². The molecule has 0 spiro atoms. The molecule has 1 aliphatic heterocycles. The molecule has 0 saturated heterocycles. The fourth-order valence-corrected chi connectivity index (χ4v) is 2.22. The first kappa shape index (κ1) is 16.3. The van der Waals surface area contributed by atoms with E-state index in [2.05, 4.69) is 16.0 Å². The number of carbonyl (C=O) groups is 2. The summed E-state index contributed by atoms with van der Waals surface area (Å²) in [5.41, 5.74) is 1.47. The van der Waals surface area contributed by atoms with E-state index in [0.717, 1.165) is 5.56 Å². The minimum Gasteiger partial charge on any atom is -0.468 e. The van der Waals surface area contributed by atoms with Gasteiger partial charge in [-0.15, -0.1) is 0 Å². The SMILES string of the molecule is CC(C)NC(=O)Nc1ccc2c(c1)OC(NC(C)C)C(=O)C2. The number of ether oxygens (including phenoxy) is 1. The molecule has 1 atom stereocenters. The molecular formula is C16H23N3O3. The lowest BCUT2D eigenvalue weighted by molar-refractivity contribution is -0.128. The van der Waals surface area contributed by atoms with Crippen LogP contribution in [0.2, 0.25) is 0 Å². The predicted molar refractivity (Wildman–Crippen MR) is 85.1 cm³/mol. The minimum atomic E-state index is -0.632. The Morgan fingerprint density at radius 3 is 2.59 bits per heavy atom. The molecule has 2 amide bonds. The van der Waals surface area contributed by atoms with Crippen LogP contribution in [0.5, 0.6) is 5.75 Å². The molecule has 22 heavy (non-hydrogen) atoms. The quantitative estimate of drug-likeness (QED) is 0.795. The van der Waals surface area contributed by atoms with Crippen LogP contribution in [0.4, 0.5) is 10.5 Å². The Kier molecular flexibility index (Phi) is 5.03. The minimum absolute atomic E-state index is 0.0134. The molecule has 1 aromatic rings. The number of anilines is 1. The van der Waals surface area contributed by atoms with Gasteiger partial charge in [-0.25, -0.2) is 4.79 Å². The molecule has 0 aliphatic carbocycles. The molecule has 0 radical (unpaired) electrons. The smallest absolute Gasteiger partial charge is 0.319 e. The van der Waals surface area contributed by atoms with E-state index >= 15 is 0 Å².